The average Bonchev–Trinajstić information content (AvgIpc) is 2.26. The molecule has 0 atom stereocenters. The summed E-state index contributed by atoms with van der Waals surface area (Å²) >= 11 is 1.55. The van der Waals surface area contributed by atoms with Crippen LogP contribution < -0.4 is 5.32 Å². The minimum absolute atomic E-state index is 0.144. The molecule has 1 heterocycles. The molecular weight excluding hydrogens is 196 g/mol. The van der Waals surface area contributed by atoms with Crippen molar-refractivity contribution >= 4 is 22.4 Å². The van der Waals surface area contributed by atoms with Crippen molar-refractivity contribution < 1.29 is 4.79 Å². The minimum atomic E-state index is 0.144. The van der Waals surface area contributed by atoms with Crippen LogP contribution in [-0.4, -0.2) is 10.9 Å². The summed E-state index contributed by atoms with van der Waals surface area (Å²) in [4.78, 5) is 17.0. The van der Waals surface area contributed by atoms with Crippen LogP contribution in [0.15, 0.2) is 0 Å². The van der Waals surface area contributed by atoms with Crippen LogP contribution in [0.4, 0.5) is 5.13 Å². The van der Waals surface area contributed by atoms with Gasteiger partial charge < -0.3 is 5.32 Å². The lowest BCUT2D eigenvalue weighted by atomic mass is 9.85. The molecule has 14 heavy (non-hydrogen) atoms. The topological polar surface area (TPSA) is 42.0 Å². The van der Waals surface area contributed by atoms with Crippen molar-refractivity contribution in [3.8, 4) is 0 Å². The predicted octanol–water partition coefficient (Wildman–Crippen LogP) is 2.50. The molecule has 0 spiro atoms. The van der Waals surface area contributed by atoms with Gasteiger partial charge in [0.25, 0.3) is 0 Å². The van der Waals surface area contributed by atoms with Gasteiger partial charge in [0.15, 0.2) is 5.13 Å². The number of thiazole rings is 1. The summed E-state index contributed by atoms with van der Waals surface area (Å²) in [5.41, 5.74) is 1.01. The third kappa shape index (κ3) is 1.80. The lowest BCUT2D eigenvalue weighted by Crippen LogP contribution is -2.27. The number of nitrogens with one attached hydrogen (secondary N) is 1. The third-order valence-electron chi connectivity index (χ3n) is 2.73. The quantitative estimate of drug-likeness (QED) is 0.815. The molecule has 0 unspecified atom stereocenters. The van der Waals surface area contributed by atoms with Crippen molar-refractivity contribution in [3.63, 3.8) is 0 Å². The van der Waals surface area contributed by atoms with Gasteiger partial charge in [0.2, 0.25) is 5.91 Å². The van der Waals surface area contributed by atoms with Crippen molar-refractivity contribution in [2.24, 2.45) is 5.92 Å². The predicted molar refractivity (Wildman–Crippen MR) is 57.6 cm³/mol. The molecule has 1 fully saturated rings. The standard InChI is InChI=1S/C10H14N2OS/c1-6-7(2)14-10(11-6)12-9(13)8-4-3-5-8/h8H,3-5H2,1-2H3,(H,11,12,13). The summed E-state index contributed by atoms with van der Waals surface area (Å²) in [5, 5.41) is 3.62. The molecule has 0 radical (unpaired) electrons. The summed E-state index contributed by atoms with van der Waals surface area (Å²) in [5.74, 6) is 0.379. The van der Waals surface area contributed by atoms with Gasteiger partial charge in [-0.05, 0) is 26.7 Å². The number of hydrogen-bond donors (Lipinski definition) is 1. The summed E-state index contributed by atoms with van der Waals surface area (Å²) in [6, 6.07) is 0. The van der Waals surface area contributed by atoms with E-state index in [1.165, 1.54) is 11.3 Å². The number of rotatable bonds is 2. The van der Waals surface area contributed by atoms with Gasteiger partial charge in [0, 0.05) is 10.8 Å². The average molecular weight is 210 g/mol. The summed E-state index contributed by atoms with van der Waals surface area (Å²) in [7, 11) is 0. The van der Waals surface area contributed by atoms with Gasteiger partial charge in [-0.15, -0.1) is 11.3 Å². The van der Waals surface area contributed by atoms with E-state index in [4.69, 9.17) is 0 Å². The highest BCUT2D eigenvalue weighted by Gasteiger charge is 2.25. The van der Waals surface area contributed by atoms with E-state index in [1.54, 1.807) is 11.3 Å². The Labute approximate surface area is 87.6 Å². The van der Waals surface area contributed by atoms with Gasteiger partial charge >= 0.3 is 0 Å². The second-order valence-electron chi connectivity index (χ2n) is 3.78. The molecule has 76 valence electrons. The van der Waals surface area contributed by atoms with E-state index in [2.05, 4.69) is 10.3 Å². The van der Waals surface area contributed by atoms with Gasteiger partial charge in [0.05, 0.1) is 5.69 Å². The molecule has 1 saturated carbocycles. The molecular formula is C10H14N2OS. The van der Waals surface area contributed by atoms with E-state index in [0.717, 1.165) is 23.7 Å². The number of aryl methyl sites for hydroxylation is 2. The molecule has 1 amide bonds. The Morgan fingerprint density at radius 1 is 1.50 bits per heavy atom. The zero-order valence-corrected chi connectivity index (χ0v) is 9.28. The Kier molecular flexibility index (Phi) is 2.54. The van der Waals surface area contributed by atoms with Crippen LogP contribution in [0.1, 0.15) is 29.8 Å². The fraction of sp³-hybridized carbons (Fsp3) is 0.600. The van der Waals surface area contributed by atoms with Gasteiger partial charge in [-0.1, -0.05) is 6.42 Å². The Morgan fingerprint density at radius 3 is 2.64 bits per heavy atom. The second kappa shape index (κ2) is 3.69. The van der Waals surface area contributed by atoms with Crippen LogP contribution in [0.2, 0.25) is 0 Å². The normalized spacial score (nSPS) is 16.4. The Balaban J connectivity index is 1.99. The Morgan fingerprint density at radius 2 is 2.21 bits per heavy atom. The second-order valence-corrected chi connectivity index (χ2v) is 4.98. The number of nitrogens with zero attached hydrogens (tertiary/aromatic N) is 1. The van der Waals surface area contributed by atoms with E-state index >= 15 is 0 Å². The lowest BCUT2D eigenvalue weighted by Gasteiger charge is -2.23. The van der Waals surface area contributed by atoms with E-state index in [-0.39, 0.29) is 11.8 Å². The molecule has 0 aliphatic heterocycles. The first kappa shape index (κ1) is 9.65. The van der Waals surface area contributed by atoms with Gasteiger partial charge in [-0.3, -0.25) is 4.79 Å². The zero-order chi connectivity index (χ0) is 10.1. The van der Waals surface area contributed by atoms with Crippen molar-refractivity contribution in [1.82, 2.24) is 4.98 Å². The molecule has 1 aromatic heterocycles. The molecule has 0 aromatic carbocycles. The molecule has 1 N–H and O–H groups in total. The van der Waals surface area contributed by atoms with E-state index in [9.17, 15) is 4.79 Å². The first-order chi connectivity index (χ1) is 6.66. The highest BCUT2D eigenvalue weighted by atomic mass is 32.1. The number of anilines is 1. The fourth-order valence-electron chi connectivity index (χ4n) is 1.40. The SMILES string of the molecule is Cc1nc(NC(=O)C2CCC2)sc1C. The van der Waals surface area contributed by atoms with Crippen LogP contribution in [0.3, 0.4) is 0 Å². The van der Waals surface area contributed by atoms with Crippen LogP contribution in [-0.2, 0) is 4.79 Å². The van der Waals surface area contributed by atoms with Crippen LogP contribution in [0.5, 0.6) is 0 Å². The number of amides is 1. The maximum absolute atomic E-state index is 11.6. The molecule has 1 aromatic rings. The van der Waals surface area contributed by atoms with E-state index in [1.807, 2.05) is 13.8 Å². The van der Waals surface area contributed by atoms with Gasteiger partial charge in [-0.25, -0.2) is 4.98 Å². The smallest absolute Gasteiger partial charge is 0.229 e. The Bertz CT molecular complexity index is 336. The third-order valence-corrected chi connectivity index (χ3v) is 3.72. The maximum atomic E-state index is 11.6. The maximum Gasteiger partial charge on any atom is 0.229 e. The van der Waals surface area contributed by atoms with E-state index < -0.39 is 0 Å². The van der Waals surface area contributed by atoms with Crippen LogP contribution >= 0.6 is 11.3 Å². The number of carbonyl (C=O) groups is 1. The van der Waals surface area contributed by atoms with E-state index in [0.29, 0.717) is 0 Å². The van der Waals surface area contributed by atoms with Crippen molar-refractivity contribution in [2.75, 3.05) is 5.32 Å². The number of carbonyl (C=O) groups excluding carboxylic acids is 1. The monoisotopic (exact) mass is 210 g/mol. The van der Waals surface area contributed by atoms with Crippen molar-refractivity contribution in [2.45, 2.75) is 33.1 Å². The highest BCUT2D eigenvalue weighted by Crippen LogP contribution is 2.28. The minimum Gasteiger partial charge on any atom is -0.302 e. The van der Waals surface area contributed by atoms with Crippen LogP contribution in [0.25, 0.3) is 0 Å². The zero-order valence-electron chi connectivity index (χ0n) is 8.46. The molecule has 0 bridgehead atoms. The van der Waals surface area contributed by atoms with Crippen LogP contribution in [0, 0.1) is 19.8 Å². The number of hydrogen-bond acceptors (Lipinski definition) is 3. The Hall–Kier alpha value is -0.900. The summed E-state index contributed by atoms with van der Waals surface area (Å²) < 4.78 is 0. The molecule has 1 aliphatic rings. The van der Waals surface area contributed by atoms with Gasteiger partial charge in [0.1, 0.15) is 0 Å². The molecule has 1 aliphatic carbocycles. The molecule has 4 heteroatoms. The summed E-state index contributed by atoms with van der Waals surface area (Å²) in [6.45, 7) is 3.98. The number of aromatic nitrogens is 1. The molecule has 3 nitrogen and oxygen atoms in total. The van der Waals surface area contributed by atoms with Crippen molar-refractivity contribution in [3.05, 3.63) is 10.6 Å². The summed E-state index contributed by atoms with van der Waals surface area (Å²) in [6.07, 6.45) is 3.26. The lowest BCUT2D eigenvalue weighted by molar-refractivity contribution is -0.122. The van der Waals surface area contributed by atoms with Crippen molar-refractivity contribution in [1.29, 1.82) is 0 Å². The highest BCUT2D eigenvalue weighted by molar-refractivity contribution is 7.15. The largest absolute Gasteiger partial charge is 0.302 e. The molecule has 0 saturated heterocycles. The fourth-order valence-corrected chi connectivity index (χ4v) is 2.22. The first-order valence-corrected chi connectivity index (χ1v) is 5.73. The van der Waals surface area contributed by atoms with Gasteiger partial charge in [-0.2, -0.15) is 0 Å². The molecule has 2 rings (SSSR count). The first-order valence-electron chi connectivity index (χ1n) is 4.91.